The Morgan fingerprint density at radius 1 is 1.29 bits per heavy atom. The topological polar surface area (TPSA) is 76.0 Å². The Morgan fingerprint density at radius 2 is 2.00 bits per heavy atom. The summed E-state index contributed by atoms with van der Waals surface area (Å²) < 4.78 is 1.64. The van der Waals surface area contributed by atoms with E-state index in [4.69, 9.17) is 0 Å². The Hall–Kier alpha value is -2.63. The van der Waals surface area contributed by atoms with E-state index in [9.17, 15) is 9.59 Å². The highest BCUT2D eigenvalue weighted by molar-refractivity contribution is 5.94. The van der Waals surface area contributed by atoms with E-state index in [0.717, 1.165) is 12.1 Å². The van der Waals surface area contributed by atoms with Crippen molar-refractivity contribution in [3.05, 3.63) is 47.7 Å². The quantitative estimate of drug-likeness (QED) is 0.849. The molecule has 1 aliphatic rings. The van der Waals surface area contributed by atoms with Crippen LogP contribution in [-0.4, -0.2) is 28.1 Å². The highest BCUT2D eigenvalue weighted by Gasteiger charge is 2.38. The van der Waals surface area contributed by atoms with E-state index in [1.54, 1.807) is 11.7 Å². The molecule has 3 rings (SSSR count). The lowest BCUT2D eigenvalue weighted by Gasteiger charge is -2.06. The molecule has 0 spiro atoms. The summed E-state index contributed by atoms with van der Waals surface area (Å²) in [5, 5.41) is 9.89. The van der Waals surface area contributed by atoms with Gasteiger partial charge in [-0.25, -0.2) is 0 Å². The van der Waals surface area contributed by atoms with Gasteiger partial charge >= 0.3 is 0 Å². The van der Waals surface area contributed by atoms with Crippen molar-refractivity contribution in [3.63, 3.8) is 0 Å². The first-order valence-electron chi connectivity index (χ1n) is 8.17. The second-order valence-corrected chi connectivity index (χ2v) is 6.39. The molecule has 6 heteroatoms. The van der Waals surface area contributed by atoms with Gasteiger partial charge in [-0.15, -0.1) is 0 Å². The maximum Gasteiger partial charge on any atom is 0.244 e. The van der Waals surface area contributed by atoms with Crippen molar-refractivity contribution in [1.82, 2.24) is 15.1 Å². The van der Waals surface area contributed by atoms with Gasteiger partial charge in [0.2, 0.25) is 11.8 Å². The van der Waals surface area contributed by atoms with Gasteiger partial charge in [-0.1, -0.05) is 37.3 Å². The zero-order chi connectivity index (χ0) is 17.1. The minimum absolute atomic E-state index is 0.0126. The molecular weight excluding hydrogens is 304 g/mol. The molecule has 0 bridgehead atoms. The molecule has 6 nitrogen and oxygen atoms in total. The smallest absolute Gasteiger partial charge is 0.244 e. The molecule has 0 aliphatic heterocycles. The molecular formula is C18H22N4O2. The van der Waals surface area contributed by atoms with Gasteiger partial charge in [0, 0.05) is 25.5 Å². The number of amides is 2. The molecule has 1 aromatic carbocycles. The van der Waals surface area contributed by atoms with Crippen molar-refractivity contribution in [2.75, 3.05) is 11.9 Å². The van der Waals surface area contributed by atoms with Crippen molar-refractivity contribution in [2.45, 2.75) is 19.8 Å². The minimum Gasteiger partial charge on any atom is -0.347 e. The fourth-order valence-electron chi connectivity index (χ4n) is 2.71. The van der Waals surface area contributed by atoms with Crippen molar-refractivity contribution < 1.29 is 9.59 Å². The van der Waals surface area contributed by atoms with Gasteiger partial charge in [0.25, 0.3) is 0 Å². The number of aromatic nitrogens is 2. The molecule has 24 heavy (non-hydrogen) atoms. The van der Waals surface area contributed by atoms with E-state index in [0.29, 0.717) is 18.2 Å². The highest BCUT2D eigenvalue weighted by Crippen LogP contribution is 2.37. The lowest BCUT2D eigenvalue weighted by atomic mass is 10.1. The van der Waals surface area contributed by atoms with Crippen molar-refractivity contribution in [2.24, 2.45) is 18.9 Å². The van der Waals surface area contributed by atoms with Gasteiger partial charge in [-0.3, -0.25) is 14.3 Å². The molecule has 2 N–H and O–H groups in total. The predicted molar refractivity (Wildman–Crippen MR) is 91.4 cm³/mol. The summed E-state index contributed by atoms with van der Waals surface area (Å²) in [6, 6.07) is 11.9. The number of rotatable bonds is 6. The maximum absolute atomic E-state index is 12.0. The summed E-state index contributed by atoms with van der Waals surface area (Å²) in [5.74, 6) is 0.857. The normalized spacial score (nSPS) is 18.9. The van der Waals surface area contributed by atoms with E-state index in [1.165, 1.54) is 5.56 Å². The monoisotopic (exact) mass is 326 g/mol. The molecule has 2 aromatic rings. The number of hydrogen-bond acceptors (Lipinski definition) is 3. The molecule has 0 radical (unpaired) electrons. The Balaban J connectivity index is 1.53. The largest absolute Gasteiger partial charge is 0.347 e. The molecule has 2 unspecified atom stereocenters. The summed E-state index contributed by atoms with van der Waals surface area (Å²) in [7, 11) is 1.79. The number of nitrogens with one attached hydrogen (secondary N) is 2. The van der Waals surface area contributed by atoms with Crippen LogP contribution in [-0.2, 0) is 23.1 Å². The molecule has 0 saturated heterocycles. The fourth-order valence-corrected chi connectivity index (χ4v) is 2.71. The van der Waals surface area contributed by atoms with Crippen LogP contribution in [0.1, 0.15) is 24.6 Å². The van der Waals surface area contributed by atoms with Gasteiger partial charge in [-0.05, 0) is 17.9 Å². The fraction of sp³-hybridized carbons (Fsp3) is 0.389. The van der Waals surface area contributed by atoms with Gasteiger partial charge < -0.3 is 10.6 Å². The van der Waals surface area contributed by atoms with Crippen LogP contribution in [0.2, 0.25) is 0 Å². The standard InChI is InChI=1S/C18H22N4O2/c1-12-8-15(12)18(24)19-11-17(23)20-16-10-14(21-22(16)2)9-13-6-4-3-5-7-13/h3-7,10,12,15H,8-9,11H2,1-2H3,(H,19,24)(H,20,23). The van der Waals surface area contributed by atoms with Crippen LogP contribution in [0.3, 0.4) is 0 Å². The van der Waals surface area contributed by atoms with E-state index < -0.39 is 0 Å². The Labute approximate surface area is 141 Å². The Kier molecular flexibility index (Phi) is 4.64. The van der Waals surface area contributed by atoms with Crippen LogP contribution >= 0.6 is 0 Å². The van der Waals surface area contributed by atoms with E-state index in [2.05, 4.69) is 15.7 Å². The van der Waals surface area contributed by atoms with Gasteiger partial charge in [0.15, 0.2) is 0 Å². The van der Waals surface area contributed by atoms with Gasteiger partial charge in [-0.2, -0.15) is 5.10 Å². The highest BCUT2D eigenvalue weighted by atomic mass is 16.2. The number of carbonyl (C=O) groups is 2. The number of hydrogen-bond donors (Lipinski definition) is 2. The third-order valence-electron chi connectivity index (χ3n) is 4.30. The molecule has 1 fully saturated rings. The lowest BCUT2D eigenvalue weighted by Crippen LogP contribution is -2.34. The lowest BCUT2D eigenvalue weighted by molar-refractivity contribution is -0.125. The third kappa shape index (κ3) is 4.01. The molecule has 1 saturated carbocycles. The summed E-state index contributed by atoms with van der Waals surface area (Å²) >= 11 is 0. The van der Waals surface area contributed by atoms with Crippen molar-refractivity contribution in [1.29, 1.82) is 0 Å². The first-order valence-corrected chi connectivity index (χ1v) is 8.17. The van der Waals surface area contributed by atoms with Crippen LogP contribution in [0.4, 0.5) is 5.82 Å². The number of nitrogens with zero attached hydrogens (tertiary/aromatic N) is 2. The Bertz CT molecular complexity index is 739. The van der Waals surface area contributed by atoms with E-state index in [1.807, 2.05) is 43.3 Å². The van der Waals surface area contributed by atoms with E-state index >= 15 is 0 Å². The first kappa shape index (κ1) is 16.2. The van der Waals surface area contributed by atoms with Crippen LogP contribution in [0.15, 0.2) is 36.4 Å². The SMILES string of the molecule is CC1CC1C(=O)NCC(=O)Nc1cc(Cc2ccccc2)nn1C. The summed E-state index contributed by atoms with van der Waals surface area (Å²) in [6.07, 6.45) is 1.62. The number of carbonyl (C=O) groups excluding carboxylic acids is 2. The third-order valence-corrected chi connectivity index (χ3v) is 4.30. The second kappa shape index (κ2) is 6.86. The minimum atomic E-state index is -0.245. The van der Waals surface area contributed by atoms with Crippen molar-refractivity contribution in [3.8, 4) is 0 Å². The number of aryl methyl sites for hydroxylation is 1. The van der Waals surface area contributed by atoms with Crippen LogP contribution in [0.25, 0.3) is 0 Å². The Morgan fingerprint density at radius 3 is 2.67 bits per heavy atom. The maximum atomic E-state index is 12.0. The molecule has 2 amide bonds. The molecule has 1 heterocycles. The van der Waals surface area contributed by atoms with Crippen LogP contribution in [0, 0.1) is 11.8 Å². The predicted octanol–water partition coefficient (Wildman–Crippen LogP) is 1.72. The zero-order valence-electron chi connectivity index (χ0n) is 14.0. The molecule has 1 aromatic heterocycles. The van der Waals surface area contributed by atoms with Crippen molar-refractivity contribution >= 4 is 17.6 Å². The first-order chi connectivity index (χ1) is 11.5. The summed E-state index contributed by atoms with van der Waals surface area (Å²) in [6.45, 7) is 2.02. The second-order valence-electron chi connectivity index (χ2n) is 6.39. The average molecular weight is 326 g/mol. The average Bonchev–Trinajstić information content (AvgIpc) is 3.20. The molecule has 126 valence electrons. The van der Waals surface area contributed by atoms with Gasteiger partial charge in [0.05, 0.1) is 12.2 Å². The summed E-state index contributed by atoms with van der Waals surface area (Å²) in [4.78, 5) is 23.7. The number of anilines is 1. The number of benzene rings is 1. The van der Waals surface area contributed by atoms with Crippen LogP contribution in [0.5, 0.6) is 0 Å². The van der Waals surface area contributed by atoms with Crippen LogP contribution < -0.4 is 10.6 Å². The van der Waals surface area contributed by atoms with E-state index in [-0.39, 0.29) is 24.3 Å². The summed E-state index contributed by atoms with van der Waals surface area (Å²) in [5.41, 5.74) is 2.05. The van der Waals surface area contributed by atoms with Gasteiger partial charge in [0.1, 0.15) is 5.82 Å². The molecule has 1 aliphatic carbocycles. The molecule has 2 atom stereocenters. The zero-order valence-corrected chi connectivity index (χ0v) is 14.0.